The monoisotopic (exact) mass is 343 g/mol. The number of nitrogens with one attached hydrogen (secondary N) is 3. The van der Waals surface area contributed by atoms with E-state index in [1.807, 2.05) is 19.9 Å². The molecule has 8 heteroatoms. The van der Waals surface area contributed by atoms with Crippen LogP contribution in [-0.4, -0.2) is 39.2 Å². The van der Waals surface area contributed by atoms with E-state index in [9.17, 15) is 4.79 Å². The molecule has 0 bridgehead atoms. The minimum absolute atomic E-state index is 0.0709. The summed E-state index contributed by atoms with van der Waals surface area (Å²) in [6.45, 7) is 4.01. The molecule has 0 radical (unpaired) electrons. The summed E-state index contributed by atoms with van der Waals surface area (Å²) in [4.78, 5) is 20.5. The summed E-state index contributed by atoms with van der Waals surface area (Å²) < 4.78 is 0. The van der Waals surface area contributed by atoms with E-state index < -0.39 is 0 Å². The van der Waals surface area contributed by atoms with Gasteiger partial charge in [0.25, 0.3) is 0 Å². The fourth-order valence-electron chi connectivity index (χ4n) is 3.11. The Morgan fingerprint density at radius 3 is 2.76 bits per heavy atom. The molecule has 2 heterocycles. The van der Waals surface area contributed by atoms with Gasteiger partial charge in [-0.05, 0) is 32.3 Å². The second-order valence-electron chi connectivity index (χ2n) is 6.64. The summed E-state index contributed by atoms with van der Waals surface area (Å²) >= 11 is 0. The Hall–Kier alpha value is -2.64. The van der Waals surface area contributed by atoms with Crippen LogP contribution in [0, 0.1) is 13.8 Å². The lowest BCUT2D eigenvalue weighted by Gasteiger charge is -2.35. The fourth-order valence-corrected chi connectivity index (χ4v) is 3.11. The maximum atomic E-state index is 12.1. The van der Waals surface area contributed by atoms with Crippen molar-refractivity contribution in [3.05, 3.63) is 28.7 Å². The van der Waals surface area contributed by atoms with Gasteiger partial charge in [0, 0.05) is 43.6 Å². The van der Waals surface area contributed by atoms with Gasteiger partial charge < -0.3 is 16.4 Å². The Bertz CT molecular complexity index is 764. The zero-order valence-corrected chi connectivity index (χ0v) is 14.9. The molecule has 0 atom stereocenters. The van der Waals surface area contributed by atoms with E-state index in [4.69, 9.17) is 5.73 Å². The highest BCUT2D eigenvalue weighted by Gasteiger charge is 2.32. The molecule has 2 aromatic heterocycles. The van der Waals surface area contributed by atoms with Gasteiger partial charge in [-0.3, -0.25) is 9.89 Å². The van der Waals surface area contributed by atoms with Gasteiger partial charge >= 0.3 is 0 Å². The van der Waals surface area contributed by atoms with Crippen LogP contribution in [0.5, 0.6) is 0 Å². The third-order valence-electron chi connectivity index (χ3n) is 4.88. The fraction of sp³-hybridized carbons (Fsp3) is 0.529. The first-order chi connectivity index (χ1) is 12.0. The Balaban J connectivity index is 1.46. The van der Waals surface area contributed by atoms with Crippen molar-refractivity contribution in [2.45, 2.75) is 51.5 Å². The Labute approximate surface area is 147 Å². The summed E-state index contributed by atoms with van der Waals surface area (Å²) in [6, 6.07) is 2.12. The number of hydrogen-bond donors (Lipinski definition) is 4. The number of rotatable bonds is 6. The zero-order valence-electron chi connectivity index (χ0n) is 14.9. The molecular formula is C17H25N7O. The molecule has 3 rings (SSSR count). The number of anilines is 2. The largest absolute Gasteiger partial charge is 0.373 e. The number of aryl methyl sites for hydroxylation is 2. The number of nitrogens with zero attached hydrogens (tertiary/aromatic N) is 3. The summed E-state index contributed by atoms with van der Waals surface area (Å²) in [5.74, 6) is 1.39. The Morgan fingerprint density at radius 1 is 1.36 bits per heavy atom. The smallest absolute Gasteiger partial charge is 0.222 e. The number of carbonyl (C=O) groups excluding carboxylic acids is 1. The molecule has 0 aliphatic heterocycles. The molecule has 25 heavy (non-hydrogen) atoms. The number of aromatic amines is 1. The van der Waals surface area contributed by atoms with Crippen LogP contribution in [-0.2, 0) is 11.2 Å². The van der Waals surface area contributed by atoms with Crippen LogP contribution in [0.3, 0.4) is 0 Å². The van der Waals surface area contributed by atoms with Crippen molar-refractivity contribution in [3.8, 4) is 0 Å². The average Bonchev–Trinajstić information content (AvgIpc) is 2.87. The van der Waals surface area contributed by atoms with Crippen LogP contribution < -0.4 is 16.4 Å². The van der Waals surface area contributed by atoms with Gasteiger partial charge in [0.05, 0.1) is 11.4 Å². The molecule has 1 aliphatic carbocycles. The van der Waals surface area contributed by atoms with Crippen LogP contribution in [0.15, 0.2) is 6.07 Å². The van der Waals surface area contributed by atoms with Crippen LogP contribution in [0.4, 0.5) is 11.8 Å². The topological polar surface area (TPSA) is 122 Å². The Morgan fingerprint density at radius 2 is 2.12 bits per heavy atom. The molecule has 8 nitrogen and oxygen atoms in total. The highest BCUT2D eigenvalue weighted by molar-refractivity contribution is 5.76. The number of nitrogen functional groups attached to an aromatic ring is 1. The molecule has 1 fully saturated rings. The molecule has 0 spiro atoms. The van der Waals surface area contributed by atoms with Crippen molar-refractivity contribution in [2.24, 2.45) is 0 Å². The average molecular weight is 343 g/mol. The van der Waals surface area contributed by atoms with Gasteiger partial charge in [-0.2, -0.15) is 10.1 Å². The van der Waals surface area contributed by atoms with Crippen LogP contribution >= 0.6 is 0 Å². The summed E-state index contributed by atoms with van der Waals surface area (Å²) in [5.41, 5.74) is 9.83. The van der Waals surface area contributed by atoms with Crippen LogP contribution in [0.2, 0.25) is 0 Å². The molecule has 1 aliphatic rings. The summed E-state index contributed by atoms with van der Waals surface area (Å²) in [6.07, 6.45) is 2.88. The number of nitrogens with two attached hydrogens (primary N) is 1. The van der Waals surface area contributed by atoms with Gasteiger partial charge in [0.2, 0.25) is 11.9 Å². The number of amides is 1. The summed E-state index contributed by atoms with van der Waals surface area (Å²) in [5, 5.41) is 13.3. The van der Waals surface area contributed by atoms with Crippen molar-refractivity contribution >= 4 is 17.7 Å². The van der Waals surface area contributed by atoms with Crippen LogP contribution in [0.1, 0.15) is 47.8 Å². The zero-order chi connectivity index (χ0) is 18.0. The van der Waals surface area contributed by atoms with Crippen molar-refractivity contribution in [3.63, 3.8) is 0 Å². The lowest BCUT2D eigenvalue weighted by molar-refractivity contribution is -0.122. The standard InChI is InChI=1S/C17H25N7O/c1-9-10(2)23-24-13(9)4-5-16(25)20-12-6-11(7-12)14-8-15(19-3)22-17(18)21-14/h8,11-12H,4-7H2,1-3H3,(H,20,25)(H,23,24)(H3,18,19,21,22). The normalized spacial score (nSPS) is 19.3. The van der Waals surface area contributed by atoms with E-state index in [1.165, 1.54) is 0 Å². The van der Waals surface area contributed by atoms with E-state index in [-0.39, 0.29) is 17.9 Å². The first-order valence-electron chi connectivity index (χ1n) is 8.58. The predicted molar refractivity (Wildman–Crippen MR) is 96.3 cm³/mol. The third kappa shape index (κ3) is 3.89. The predicted octanol–water partition coefficient (Wildman–Crippen LogP) is 1.44. The molecule has 1 saturated carbocycles. The molecule has 134 valence electrons. The lowest BCUT2D eigenvalue weighted by Crippen LogP contribution is -2.43. The van der Waals surface area contributed by atoms with E-state index in [1.54, 1.807) is 7.05 Å². The van der Waals surface area contributed by atoms with Crippen LogP contribution in [0.25, 0.3) is 0 Å². The number of hydrogen-bond acceptors (Lipinski definition) is 6. The first kappa shape index (κ1) is 17.2. The van der Waals surface area contributed by atoms with E-state index >= 15 is 0 Å². The minimum Gasteiger partial charge on any atom is -0.373 e. The molecule has 0 aromatic carbocycles. The SMILES string of the molecule is CNc1cc(C2CC(NC(=O)CCc3n[nH]c(C)c3C)C2)nc(N)n1. The number of carbonyl (C=O) groups is 1. The summed E-state index contributed by atoms with van der Waals surface area (Å²) in [7, 11) is 1.80. The van der Waals surface area contributed by atoms with Gasteiger partial charge in [-0.25, -0.2) is 4.98 Å². The minimum atomic E-state index is 0.0709. The molecule has 5 N–H and O–H groups in total. The van der Waals surface area contributed by atoms with Gasteiger partial charge in [0.15, 0.2) is 0 Å². The number of H-pyrrole nitrogens is 1. The second kappa shape index (κ2) is 7.08. The number of aromatic nitrogens is 4. The highest BCUT2D eigenvalue weighted by atomic mass is 16.1. The highest BCUT2D eigenvalue weighted by Crippen LogP contribution is 2.36. The van der Waals surface area contributed by atoms with E-state index in [0.29, 0.717) is 18.8 Å². The van der Waals surface area contributed by atoms with Gasteiger partial charge in [-0.1, -0.05) is 0 Å². The van der Waals surface area contributed by atoms with Crippen molar-refractivity contribution < 1.29 is 4.79 Å². The first-order valence-corrected chi connectivity index (χ1v) is 8.58. The lowest BCUT2D eigenvalue weighted by atomic mass is 9.78. The third-order valence-corrected chi connectivity index (χ3v) is 4.88. The van der Waals surface area contributed by atoms with Gasteiger partial charge in [0.1, 0.15) is 5.82 Å². The molecule has 2 aromatic rings. The quantitative estimate of drug-likeness (QED) is 0.629. The Kier molecular flexibility index (Phi) is 4.87. The van der Waals surface area contributed by atoms with E-state index in [2.05, 4.69) is 30.8 Å². The van der Waals surface area contributed by atoms with Crippen molar-refractivity contribution in [1.29, 1.82) is 0 Å². The molecule has 1 amide bonds. The maximum Gasteiger partial charge on any atom is 0.222 e. The second-order valence-corrected chi connectivity index (χ2v) is 6.64. The van der Waals surface area contributed by atoms with Crippen molar-refractivity contribution in [2.75, 3.05) is 18.1 Å². The molecular weight excluding hydrogens is 318 g/mol. The van der Waals surface area contributed by atoms with Gasteiger partial charge in [-0.15, -0.1) is 0 Å². The van der Waals surface area contributed by atoms with Crippen molar-refractivity contribution in [1.82, 2.24) is 25.5 Å². The maximum absolute atomic E-state index is 12.1. The molecule has 0 saturated heterocycles. The van der Waals surface area contributed by atoms with E-state index in [0.717, 1.165) is 41.3 Å². The molecule has 0 unspecified atom stereocenters.